The van der Waals surface area contributed by atoms with Gasteiger partial charge in [-0.25, -0.2) is 0 Å². The normalized spacial score (nSPS) is 9.62. The fraction of sp³-hybridized carbons (Fsp3) is 0.167. The van der Waals surface area contributed by atoms with E-state index in [-0.39, 0.29) is 0 Å². The molecule has 0 saturated heterocycles. The Balaban J connectivity index is 3.67. The van der Waals surface area contributed by atoms with Crippen molar-refractivity contribution in [3.63, 3.8) is 0 Å². The van der Waals surface area contributed by atoms with E-state index in [0.29, 0.717) is 0 Å². The van der Waals surface area contributed by atoms with Gasteiger partial charge in [-0.3, -0.25) is 4.79 Å². The van der Waals surface area contributed by atoms with Gasteiger partial charge in [-0.05, 0) is 6.92 Å². The summed E-state index contributed by atoms with van der Waals surface area (Å²) in [6.45, 7) is 5.32. The molecule has 1 amide bonds. The van der Waals surface area contributed by atoms with Gasteiger partial charge in [-0.15, -0.1) is 0 Å². The highest BCUT2D eigenvalue weighted by molar-refractivity contribution is 5.86. The maximum atomic E-state index is 10.00. The van der Waals surface area contributed by atoms with Gasteiger partial charge in [0.15, 0.2) is 0 Å². The molecule has 2 heteroatoms. The zero-order chi connectivity index (χ0) is 6.57. The molecule has 0 aromatic rings. The highest BCUT2D eigenvalue weighted by Crippen LogP contribution is 1.86. The van der Waals surface area contributed by atoms with Gasteiger partial charge in [0.25, 0.3) is 0 Å². The Labute approximate surface area is 48.7 Å². The van der Waals surface area contributed by atoms with E-state index in [4.69, 9.17) is 5.73 Å². The van der Waals surface area contributed by atoms with Crippen LogP contribution in [0.4, 0.5) is 0 Å². The maximum Gasteiger partial charge on any atom is 0.241 e. The lowest BCUT2D eigenvalue weighted by atomic mass is 10.3. The smallest absolute Gasteiger partial charge is 0.241 e. The van der Waals surface area contributed by atoms with Crippen LogP contribution in [0.3, 0.4) is 0 Å². The molecule has 44 valence electrons. The lowest BCUT2D eigenvalue weighted by molar-refractivity contribution is -0.113. The van der Waals surface area contributed by atoms with Crippen molar-refractivity contribution in [2.24, 2.45) is 5.73 Å². The zero-order valence-corrected chi connectivity index (χ0v) is 4.85. The number of carbonyl (C=O) groups excluding carboxylic acids is 1. The second kappa shape index (κ2) is 3.02. The fourth-order valence-electron chi connectivity index (χ4n) is 0.224. The van der Waals surface area contributed by atoms with Crippen molar-refractivity contribution >= 4 is 5.91 Å². The summed E-state index contributed by atoms with van der Waals surface area (Å²) in [5.74, 6) is -0.437. The minimum Gasteiger partial charge on any atom is -0.366 e. The van der Waals surface area contributed by atoms with Crippen molar-refractivity contribution in [2.45, 2.75) is 6.92 Å². The number of amides is 1. The molecule has 0 aromatic heterocycles. The summed E-state index contributed by atoms with van der Waals surface area (Å²) in [6.07, 6.45) is 2.85. The number of carbonyl (C=O) groups is 1. The maximum absolute atomic E-state index is 10.00. The van der Waals surface area contributed by atoms with Crippen LogP contribution in [0.15, 0.2) is 24.3 Å². The fourth-order valence-corrected chi connectivity index (χ4v) is 0.224. The second-order valence-electron chi connectivity index (χ2n) is 1.58. The Morgan fingerprint density at radius 1 is 1.62 bits per heavy atom. The Hall–Kier alpha value is -1.05. The predicted octanol–water partition coefficient (Wildman–Crippen LogP) is 0.604. The molecule has 0 unspecified atom stereocenters. The van der Waals surface area contributed by atoms with Crippen molar-refractivity contribution < 1.29 is 4.79 Å². The zero-order valence-electron chi connectivity index (χ0n) is 4.85. The number of primary amides is 1. The number of hydrogen-bond acceptors (Lipinski definition) is 1. The molecule has 0 fully saturated rings. The molecule has 0 aliphatic carbocycles. The van der Waals surface area contributed by atoms with Crippen molar-refractivity contribution in [1.82, 2.24) is 0 Å². The average Bonchev–Trinajstić information content (AvgIpc) is 1.61. The van der Waals surface area contributed by atoms with E-state index in [9.17, 15) is 4.79 Å². The predicted molar refractivity (Wildman–Crippen MR) is 33.1 cm³/mol. The molecule has 0 aromatic carbocycles. The van der Waals surface area contributed by atoms with Crippen LogP contribution < -0.4 is 5.73 Å². The molecule has 0 saturated carbocycles. The van der Waals surface area contributed by atoms with Gasteiger partial charge >= 0.3 is 0 Å². The molecule has 0 aliphatic rings. The third-order valence-corrected chi connectivity index (χ3v) is 0.532. The van der Waals surface area contributed by atoms with Crippen LogP contribution in [0, 0.1) is 0 Å². The van der Waals surface area contributed by atoms with Gasteiger partial charge in [0.2, 0.25) is 5.91 Å². The summed E-state index contributed by atoms with van der Waals surface area (Å²) in [4.78, 5) is 10.00. The monoisotopic (exact) mass is 111 g/mol. The standard InChI is InChI=1S/C6H9NO/c1-5(2)3-4-6(7)8/h3-4H,1H2,2H3,(H2,7,8)/b4-3+. The van der Waals surface area contributed by atoms with Crippen molar-refractivity contribution in [1.29, 1.82) is 0 Å². The second-order valence-corrected chi connectivity index (χ2v) is 1.58. The topological polar surface area (TPSA) is 43.1 Å². The van der Waals surface area contributed by atoms with E-state index in [1.165, 1.54) is 6.08 Å². The molecule has 0 heterocycles. The van der Waals surface area contributed by atoms with E-state index in [1.807, 2.05) is 0 Å². The minimum absolute atomic E-state index is 0.437. The van der Waals surface area contributed by atoms with E-state index in [1.54, 1.807) is 13.0 Å². The third kappa shape index (κ3) is 4.95. The summed E-state index contributed by atoms with van der Waals surface area (Å²) >= 11 is 0. The summed E-state index contributed by atoms with van der Waals surface area (Å²) < 4.78 is 0. The van der Waals surface area contributed by atoms with E-state index >= 15 is 0 Å². The minimum atomic E-state index is -0.437. The van der Waals surface area contributed by atoms with Gasteiger partial charge in [-0.2, -0.15) is 0 Å². The van der Waals surface area contributed by atoms with Crippen molar-refractivity contribution in [3.05, 3.63) is 24.3 Å². The Bertz CT molecular complexity index is 119. The molecule has 2 nitrogen and oxygen atoms in total. The number of rotatable bonds is 2. The molecule has 0 rings (SSSR count). The molecule has 0 bridgehead atoms. The number of hydrogen-bond donors (Lipinski definition) is 1. The first-order chi connectivity index (χ1) is 3.63. The molecule has 0 spiro atoms. The highest BCUT2D eigenvalue weighted by atomic mass is 16.1. The first-order valence-corrected chi connectivity index (χ1v) is 2.26. The third-order valence-electron chi connectivity index (χ3n) is 0.532. The average molecular weight is 111 g/mol. The summed E-state index contributed by atoms with van der Waals surface area (Å²) in [7, 11) is 0. The van der Waals surface area contributed by atoms with E-state index in [0.717, 1.165) is 5.57 Å². The van der Waals surface area contributed by atoms with Gasteiger partial charge in [0.05, 0.1) is 0 Å². The van der Waals surface area contributed by atoms with Crippen LogP contribution in [-0.4, -0.2) is 5.91 Å². The van der Waals surface area contributed by atoms with Crippen LogP contribution >= 0.6 is 0 Å². The largest absolute Gasteiger partial charge is 0.366 e. The van der Waals surface area contributed by atoms with E-state index in [2.05, 4.69) is 6.58 Å². The lowest BCUT2D eigenvalue weighted by Crippen LogP contribution is -2.05. The molecule has 0 atom stereocenters. The van der Waals surface area contributed by atoms with Gasteiger partial charge in [0.1, 0.15) is 0 Å². The van der Waals surface area contributed by atoms with E-state index < -0.39 is 5.91 Å². The summed E-state index contributed by atoms with van der Waals surface area (Å²) in [6, 6.07) is 0. The van der Waals surface area contributed by atoms with Crippen LogP contribution in [0.25, 0.3) is 0 Å². The highest BCUT2D eigenvalue weighted by Gasteiger charge is 1.79. The summed E-state index contributed by atoms with van der Waals surface area (Å²) in [5.41, 5.74) is 5.60. The first-order valence-electron chi connectivity index (χ1n) is 2.26. The van der Waals surface area contributed by atoms with Gasteiger partial charge < -0.3 is 5.73 Å². The molecular formula is C6H9NO. The molecule has 0 aliphatic heterocycles. The molecule has 8 heavy (non-hydrogen) atoms. The van der Waals surface area contributed by atoms with Gasteiger partial charge in [-0.1, -0.05) is 18.2 Å². The Morgan fingerprint density at radius 3 is 2.25 bits per heavy atom. The quantitative estimate of drug-likeness (QED) is 0.411. The number of allylic oxidation sites excluding steroid dienone is 2. The lowest BCUT2D eigenvalue weighted by Gasteiger charge is -1.80. The molecule has 0 radical (unpaired) electrons. The van der Waals surface area contributed by atoms with Crippen LogP contribution in [-0.2, 0) is 4.79 Å². The molecule has 2 N–H and O–H groups in total. The first kappa shape index (κ1) is 6.95. The van der Waals surface area contributed by atoms with Crippen molar-refractivity contribution in [2.75, 3.05) is 0 Å². The van der Waals surface area contributed by atoms with Crippen LogP contribution in [0.1, 0.15) is 6.92 Å². The van der Waals surface area contributed by atoms with Crippen molar-refractivity contribution in [3.8, 4) is 0 Å². The van der Waals surface area contributed by atoms with Gasteiger partial charge in [0, 0.05) is 6.08 Å². The Morgan fingerprint density at radius 2 is 2.12 bits per heavy atom. The molecular weight excluding hydrogens is 102 g/mol. The van der Waals surface area contributed by atoms with Crippen LogP contribution in [0.5, 0.6) is 0 Å². The van der Waals surface area contributed by atoms with Crippen LogP contribution in [0.2, 0.25) is 0 Å². The SMILES string of the molecule is C=C(C)/C=C/C(N)=O. The Kier molecular flexibility index (Phi) is 2.62. The number of nitrogens with two attached hydrogens (primary N) is 1. The summed E-state index contributed by atoms with van der Waals surface area (Å²) in [5, 5.41) is 0.